The van der Waals surface area contributed by atoms with E-state index in [0.29, 0.717) is 23.1 Å². The molecule has 0 radical (unpaired) electrons. The van der Waals surface area contributed by atoms with Crippen molar-refractivity contribution in [1.29, 1.82) is 0 Å². The van der Waals surface area contributed by atoms with E-state index in [0.717, 1.165) is 24.8 Å². The van der Waals surface area contributed by atoms with Crippen molar-refractivity contribution in [3.8, 4) is 23.7 Å². The third-order valence-corrected chi connectivity index (χ3v) is 4.73. The van der Waals surface area contributed by atoms with Gasteiger partial charge in [-0.15, -0.1) is 0 Å². The van der Waals surface area contributed by atoms with Crippen LogP contribution in [0.2, 0.25) is 0 Å². The summed E-state index contributed by atoms with van der Waals surface area (Å²) in [5.41, 5.74) is 4.25. The molecule has 0 aliphatic rings. The van der Waals surface area contributed by atoms with Gasteiger partial charge in [0.25, 0.3) is 0 Å². The fraction of sp³-hybridized carbons (Fsp3) is 0.214. The average molecular weight is 398 g/mol. The van der Waals surface area contributed by atoms with Crippen molar-refractivity contribution >= 4 is 0 Å². The van der Waals surface area contributed by atoms with E-state index in [1.807, 2.05) is 19.1 Å². The predicted octanol–water partition coefficient (Wildman–Crippen LogP) is 6.67. The van der Waals surface area contributed by atoms with E-state index in [1.54, 1.807) is 24.3 Å². The zero-order valence-electron chi connectivity index (χ0n) is 17.4. The lowest BCUT2D eigenvalue weighted by Crippen LogP contribution is -1.91. The lowest BCUT2D eigenvalue weighted by Gasteiger charge is -2.01. The first-order valence-electron chi connectivity index (χ1n) is 10.3. The molecule has 0 aromatic heterocycles. The Bertz CT molecular complexity index is 1130. The van der Waals surface area contributed by atoms with Crippen LogP contribution < -0.4 is 0 Å². The zero-order valence-corrected chi connectivity index (χ0v) is 17.4. The summed E-state index contributed by atoms with van der Waals surface area (Å²) in [6.07, 6.45) is 3.74. The largest absolute Gasteiger partial charge is 0.207 e. The molecule has 0 aliphatic carbocycles. The summed E-state index contributed by atoms with van der Waals surface area (Å²) in [5.74, 6) is 11.0. The van der Waals surface area contributed by atoms with E-state index >= 15 is 0 Å². The number of hydrogen-bond donors (Lipinski definition) is 0. The first-order valence-corrected chi connectivity index (χ1v) is 10.3. The fourth-order valence-electron chi connectivity index (χ4n) is 3.12. The number of rotatable bonds is 4. The number of hydrogen-bond acceptors (Lipinski definition) is 0. The van der Waals surface area contributed by atoms with Gasteiger partial charge in [-0.25, -0.2) is 8.78 Å². The summed E-state index contributed by atoms with van der Waals surface area (Å²) >= 11 is 0. The summed E-state index contributed by atoms with van der Waals surface area (Å²) in [5, 5.41) is 0. The molecule has 0 N–H and O–H groups in total. The predicted molar refractivity (Wildman–Crippen MR) is 119 cm³/mol. The van der Waals surface area contributed by atoms with Crippen LogP contribution in [0.25, 0.3) is 0 Å². The van der Waals surface area contributed by atoms with Crippen LogP contribution in [0.1, 0.15) is 60.1 Å². The molecule has 0 saturated carbocycles. The van der Waals surface area contributed by atoms with Crippen molar-refractivity contribution in [2.45, 2.75) is 39.5 Å². The quantitative estimate of drug-likeness (QED) is 0.431. The molecule has 0 fully saturated rings. The summed E-state index contributed by atoms with van der Waals surface area (Å²) in [7, 11) is 0. The first kappa shape index (κ1) is 21.4. The molecule has 0 atom stereocenters. The highest BCUT2D eigenvalue weighted by Crippen LogP contribution is 2.13. The molecule has 0 saturated heterocycles. The molecule has 0 unspecified atom stereocenters. The van der Waals surface area contributed by atoms with E-state index in [-0.39, 0.29) is 11.4 Å². The Morgan fingerprint density at radius 2 is 1.17 bits per heavy atom. The van der Waals surface area contributed by atoms with Crippen molar-refractivity contribution in [2.75, 3.05) is 0 Å². The van der Waals surface area contributed by atoms with Crippen LogP contribution >= 0.6 is 0 Å². The van der Waals surface area contributed by atoms with Gasteiger partial charge in [-0.3, -0.25) is 0 Å². The summed E-state index contributed by atoms with van der Waals surface area (Å²) in [4.78, 5) is 0. The molecule has 3 aromatic carbocycles. The van der Waals surface area contributed by atoms with Crippen LogP contribution in [0.4, 0.5) is 8.78 Å². The van der Waals surface area contributed by atoms with Gasteiger partial charge in [-0.1, -0.05) is 68.6 Å². The van der Waals surface area contributed by atoms with Gasteiger partial charge >= 0.3 is 0 Å². The maximum atomic E-state index is 14.4. The number of aryl methyl sites for hydroxylation is 2. The molecular weight excluding hydrogens is 374 g/mol. The van der Waals surface area contributed by atoms with Gasteiger partial charge in [0.05, 0.1) is 5.56 Å². The second-order valence-corrected chi connectivity index (χ2v) is 7.20. The van der Waals surface area contributed by atoms with E-state index in [9.17, 15) is 8.78 Å². The molecule has 0 spiro atoms. The van der Waals surface area contributed by atoms with Gasteiger partial charge < -0.3 is 0 Å². The van der Waals surface area contributed by atoms with Gasteiger partial charge in [0.15, 0.2) is 0 Å². The Balaban J connectivity index is 1.74. The maximum Gasteiger partial charge on any atom is 0.140 e. The minimum atomic E-state index is -0.435. The standard InChI is InChI=1S/C28H24F2/c1-3-5-21-7-9-22(10-8-21)11-12-23-14-17-26(28(30)19-23)18-15-24-13-16-25(6-4-2)27(29)20-24/h7-10,13-14,16-17,19-20H,3-6H2,1-2H3. The average Bonchev–Trinajstić information content (AvgIpc) is 2.75. The van der Waals surface area contributed by atoms with Crippen LogP contribution in [0.5, 0.6) is 0 Å². The molecule has 0 amide bonds. The van der Waals surface area contributed by atoms with Crippen molar-refractivity contribution in [1.82, 2.24) is 0 Å². The topological polar surface area (TPSA) is 0 Å². The molecule has 0 bridgehead atoms. The Morgan fingerprint density at radius 1 is 0.600 bits per heavy atom. The SMILES string of the molecule is CCCc1ccc(C#Cc2ccc(C#Cc3ccc(CCC)c(F)c3)c(F)c2)cc1. The molecule has 30 heavy (non-hydrogen) atoms. The highest BCUT2D eigenvalue weighted by molar-refractivity contribution is 5.49. The smallest absolute Gasteiger partial charge is 0.140 e. The second kappa shape index (κ2) is 10.4. The minimum absolute atomic E-state index is 0.266. The normalized spacial score (nSPS) is 10.0. The third kappa shape index (κ3) is 5.82. The summed E-state index contributed by atoms with van der Waals surface area (Å²) in [6.45, 7) is 4.16. The van der Waals surface area contributed by atoms with Gasteiger partial charge in [-0.05, 0) is 66.4 Å². The second-order valence-electron chi connectivity index (χ2n) is 7.20. The first-order chi connectivity index (χ1) is 14.6. The third-order valence-electron chi connectivity index (χ3n) is 4.73. The molecule has 2 heteroatoms. The van der Waals surface area contributed by atoms with Gasteiger partial charge in [0, 0.05) is 16.7 Å². The molecule has 3 rings (SSSR count). The zero-order chi connectivity index (χ0) is 21.3. The molecule has 0 heterocycles. The van der Waals surface area contributed by atoms with Crippen molar-refractivity contribution in [3.63, 3.8) is 0 Å². The Labute approximate surface area is 178 Å². The van der Waals surface area contributed by atoms with Crippen LogP contribution in [-0.4, -0.2) is 0 Å². The van der Waals surface area contributed by atoms with Gasteiger partial charge in [-0.2, -0.15) is 0 Å². The van der Waals surface area contributed by atoms with E-state index in [1.165, 1.54) is 17.7 Å². The fourth-order valence-corrected chi connectivity index (χ4v) is 3.12. The maximum absolute atomic E-state index is 14.4. The van der Waals surface area contributed by atoms with Crippen LogP contribution in [0, 0.1) is 35.3 Å². The lowest BCUT2D eigenvalue weighted by atomic mass is 10.1. The number of halogens is 2. The Morgan fingerprint density at radius 3 is 1.80 bits per heavy atom. The monoisotopic (exact) mass is 398 g/mol. The highest BCUT2D eigenvalue weighted by Gasteiger charge is 2.03. The lowest BCUT2D eigenvalue weighted by molar-refractivity contribution is 0.607. The molecule has 0 nitrogen and oxygen atoms in total. The van der Waals surface area contributed by atoms with Crippen LogP contribution in [0.15, 0.2) is 60.7 Å². The molecule has 0 aliphatic heterocycles. The minimum Gasteiger partial charge on any atom is -0.207 e. The summed E-state index contributed by atoms with van der Waals surface area (Å²) in [6, 6.07) is 17.8. The highest BCUT2D eigenvalue weighted by atomic mass is 19.1. The van der Waals surface area contributed by atoms with Gasteiger partial charge in [0.1, 0.15) is 11.6 Å². The molecule has 150 valence electrons. The van der Waals surface area contributed by atoms with Crippen molar-refractivity contribution in [2.24, 2.45) is 0 Å². The van der Waals surface area contributed by atoms with Gasteiger partial charge in [0.2, 0.25) is 0 Å². The summed E-state index contributed by atoms with van der Waals surface area (Å²) < 4.78 is 28.4. The van der Waals surface area contributed by atoms with Crippen molar-refractivity contribution < 1.29 is 8.78 Å². The van der Waals surface area contributed by atoms with Crippen molar-refractivity contribution in [3.05, 3.63) is 106 Å². The van der Waals surface area contributed by atoms with E-state index < -0.39 is 5.82 Å². The Kier molecular flexibility index (Phi) is 7.42. The number of benzene rings is 3. The molecular formula is C28H24F2. The molecule has 3 aromatic rings. The van der Waals surface area contributed by atoms with Crippen LogP contribution in [-0.2, 0) is 12.8 Å². The Hall–Kier alpha value is -3.36. The van der Waals surface area contributed by atoms with E-state index in [4.69, 9.17) is 0 Å². The van der Waals surface area contributed by atoms with Crippen LogP contribution in [0.3, 0.4) is 0 Å². The van der Waals surface area contributed by atoms with E-state index in [2.05, 4.69) is 42.7 Å².